The van der Waals surface area contributed by atoms with Crippen LogP contribution >= 0.6 is 0 Å². The van der Waals surface area contributed by atoms with Crippen molar-refractivity contribution >= 4 is 16.9 Å². The molecule has 3 heteroatoms. The lowest BCUT2D eigenvalue weighted by atomic mass is 10.0. The van der Waals surface area contributed by atoms with Crippen molar-refractivity contribution in [3.8, 4) is 0 Å². The zero-order chi connectivity index (χ0) is 13.4. The lowest BCUT2D eigenvalue weighted by Crippen LogP contribution is -2.00. The van der Waals surface area contributed by atoms with E-state index in [2.05, 4.69) is 25.3 Å². The van der Waals surface area contributed by atoms with Gasteiger partial charge in [-0.1, -0.05) is 6.92 Å². The highest BCUT2D eigenvalue weighted by atomic mass is 16.4. The van der Waals surface area contributed by atoms with Crippen molar-refractivity contribution in [2.24, 2.45) is 0 Å². The number of hydrogen-bond acceptors (Lipinski definition) is 1. The molecule has 0 aliphatic heterocycles. The zero-order valence-electron chi connectivity index (χ0n) is 11.4. The number of aromatic nitrogens is 1. The van der Waals surface area contributed by atoms with Gasteiger partial charge in [0.25, 0.3) is 0 Å². The lowest BCUT2D eigenvalue weighted by molar-refractivity contribution is 0.0697. The van der Waals surface area contributed by atoms with Crippen LogP contribution in [-0.2, 0) is 13.0 Å². The largest absolute Gasteiger partial charge is 0.478 e. The second-order valence-electron chi connectivity index (χ2n) is 4.66. The van der Waals surface area contributed by atoms with E-state index in [1.165, 1.54) is 16.8 Å². The summed E-state index contributed by atoms with van der Waals surface area (Å²) in [5.41, 5.74) is 5.10. The summed E-state index contributed by atoms with van der Waals surface area (Å²) in [4.78, 5) is 11.2. The topological polar surface area (TPSA) is 42.2 Å². The monoisotopic (exact) mass is 245 g/mol. The summed E-state index contributed by atoms with van der Waals surface area (Å²) >= 11 is 0. The van der Waals surface area contributed by atoms with Crippen LogP contribution in [0.1, 0.15) is 41.0 Å². The first-order valence-electron chi connectivity index (χ1n) is 6.36. The molecule has 1 aromatic heterocycles. The minimum atomic E-state index is -0.857. The van der Waals surface area contributed by atoms with Gasteiger partial charge in [-0.15, -0.1) is 0 Å². The molecule has 0 radical (unpaired) electrons. The molecular formula is C15H19NO2. The third-order valence-electron chi connectivity index (χ3n) is 3.65. The standard InChI is InChI=1S/C15H19NO2/c1-5-12-10(4)16(6-2)14-9(3)7-11(15(17)18)8-13(12)14/h7-8H,5-6H2,1-4H3,(H,17,18). The molecule has 0 spiro atoms. The molecule has 0 aliphatic carbocycles. The first-order chi connectivity index (χ1) is 8.51. The maximum absolute atomic E-state index is 11.2. The number of aryl methyl sites for hydroxylation is 3. The molecule has 96 valence electrons. The van der Waals surface area contributed by atoms with Gasteiger partial charge in [0.2, 0.25) is 0 Å². The molecule has 0 aliphatic rings. The van der Waals surface area contributed by atoms with Gasteiger partial charge in [-0.25, -0.2) is 4.79 Å². The molecule has 0 bridgehead atoms. The summed E-state index contributed by atoms with van der Waals surface area (Å²) in [5, 5.41) is 10.3. The second-order valence-corrected chi connectivity index (χ2v) is 4.66. The van der Waals surface area contributed by atoms with E-state index in [4.69, 9.17) is 5.11 Å². The van der Waals surface area contributed by atoms with E-state index in [1.54, 1.807) is 6.07 Å². The molecule has 0 amide bonds. The first kappa shape index (κ1) is 12.7. The van der Waals surface area contributed by atoms with Gasteiger partial charge < -0.3 is 9.67 Å². The molecule has 2 aromatic rings. The molecule has 2 rings (SSSR count). The fraction of sp³-hybridized carbons (Fsp3) is 0.400. The summed E-state index contributed by atoms with van der Waals surface area (Å²) in [6.07, 6.45) is 0.928. The Morgan fingerprint density at radius 1 is 1.28 bits per heavy atom. The highest BCUT2D eigenvalue weighted by Gasteiger charge is 2.16. The lowest BCUT2D eigenvalue weighted by Gasteiger charge is -2.07. The summed E-state index contributed by atoms with van der Waals surface area (Å²) in [7, 11) is 0. The number of aromatic carboxylic acids is 1. The molecule has 0 fully saturated rings. The van der Waals surface area contributed by atoms with Crippen molar-refractivity contribution in [2.75, 3.05) is 0 Å². The first-order valence-corrected chi connectivity index (χ1v) is 6.36. The van der Waals surface area contributed by atoms with Crippen LogP contribution in [0.2, 0.25) is 0 Å². The molecule has 1 N–H and O–H groups in total. The SMILES string of the molecule is CCc1c(C)n(CC)c2c(C)cc(C(=O)O)cc12. The molecule has 0 unspecified atom stereocenters. The summed E-state index contributed by atoms with van der Waals surface area (Å²) < 4.78 is 2.27. The van der Waals surface area contributed by atoms with Crippen LogP contribution in [-0.4, -0.2) is 15.6 Å². The van der Waals surface area contributed by atoms with Crippen LogP contribution in [0, 0.1) is 13.8 Å². The summed E-state index contributed by atoms with van der Waals surface area (Å²) in [6.45, 7) is 9.25. The minimum Gasteiger partial charge on any atom is -0.478 e. The van der Waals surface area contributed by atoms with Crippen molar-refractivity contribution in [3.05, 3.63) is 34.5 Å². The number of carboxylic acids is 1. The van der Waals surface area contributed by atoms with Gasteiger partial charge in [0.15, 0.2) is 0 Å². The smallest absolute Gasteiger partial charge is 0.335 e. The number of nitrogens with zero attached hydrogens (tertiary/aromatic N) is 1. The normalized spacial score (nSPS) is 11.1. The third kappa shape index (κ3) is 1.70. The molecule has 0 saturated heterocycles. The third-order valence-corrected chi connectivity index (χ3v) is 3.65. The Morgan fingerprint density at radius 3 is 2.44 bits per heavy atom. The van der Waals surface area contributed by atoms with E-state index in [1.807, 2.05) is 13.0 Å². The van der Waals surface area contributed by atoms with Crippen LogP contribution in [0.5, 0.6) is 0 Å². The Labute approximate surface area is 107 Å². The van der Waals surface area contributed by atoms with E-state index in [9.17, 15) is 4.79 Å². The number of rotatable bonds is 3. The van der Waals surface area contributed by atoms with Crippen LogP contribution in [0.15, 0.2) is 12.1 Å². The fourth-order valence-electron chi connectivity index (χ4n) is 2.86. The highest BCUT2D eigenvalue weighted by Crippen LogP contribution is 2.30. The van der Waals surface area contributed by atoms with E-state index in [0.717, 1.165) is 23.9 Å². The molecule has 3 nitrogen and oxygen atoms in total. The zero-order valence-corrected chi connectivity index (χ0v) is 11.4. The van der Waals surface area contributed by atoms with Gasteiger partial charge in [0.05, 0.1) is 11.1 Å². The van der Waals surface area contributed by atoms with Crippen LogP contribution in [0.25, 0.3) is 10.9 Å². The number of carbonyl (C=O) groups is 1. The molecule has 0 atom stereocenters. The van der Waals surface area contributed by atoms with Crippen molar-refractivity contribution in [3.63, 3.8) is 0 Å². The van der Waals surface area contributed by atoms with E-state index < -0.39 is 5.97 Å². The summed E-state index contributed by atoms with van der Waals surface area (Å²) in [5.74, 6) is -0.857. The van der Waals surface area contributed by atoms with Gasteiger partial charge in [-0.05, 0) is 50.5 Å². The molecule has 1 aromatic carbocycles. The number of carboxylic acid groups (broad SMARTS) is 1. The summed E-state index contributed by atoms with van der Waals surface area (Å²) in [6, 6.07) is 3.57. The molecule has 1 heterocycles. The van der Waals surface area contributed by atoms with E-state index in [-0.39, 0.29) is 0 Å². The molecule has 18 heavy (non-hydrogen) atoms. The van der Waals surface area contributed by atoms with Crippen LogP contribution < -0.4 is 0 Å². The molecule has 0 saturated carbocycles. The average molecular weight is 245 g/mol. The van der Waals surface area contributed by atoms with Crippen molar-refractivity contribution in [2.45, 2.75) is 40.7 Å². The Morgan fingerprint density at radius 2 is 1.94 bits per heavy atom. The van der Waals surface area contributed by atoms with Gasteiger partial charge in [0, 0.05) is 17.6 Å². The maximum Gasteiger partial charge on any atom is 0.335 e. The fourth-order valence-corrected chi connectivity index (χ4v) is 2.86. The Balaban J connectivity index is 2.91. The minimum absolute atomic E-state index is 0.378. The molecular weight excluding hydrogens is 226 g/mol. The predicted octanol–water partition coefficient (Wildman–Crippen LogP) is 3.54. The number of hydrogen-bond donors (Lipinski definition) is 1. The number of fused-ring (bicyclic) bond motifs is 1. The Hall–Kier alpha value is -1.77. The quantitative estimate of drug-likeness (QED) is 0.898. The van der Waals surface area contributed by atoms with Gasteiger partial charge >= 0.3 is 5.97 Å². The predicted molar refractivity (Wildman–Crippen MR) is 73.4 cm³/mol. The van der Waals surface area contributed by atoms with Crippen LogP contribution in [0.4, 0.5) is 0 Å². The van der Waals surface area contributed by atoms with Gasteiger partial charge in [-0.2, -0.15) is 0 Å². The van der Waals surface area contributed by atoms with Gasteiger partial charge in [-0.3, -0.25) is 0 Å². The van der Waals surface area contributed by atoms with E-state index >= 15 is 0 Å². The Bertz CT molecular complexity index is 623. The highest BCUT2D eigenvalue weighted by molar-refractivity contribution is 5.97. The maximum atomic E-state index is 11.2. The van der Waals surface area contributed by atoms with Gasteiger partial charge in [0.1, 0.15) is 0 Å². The Kier molecular flexibility index (Phi) is 3.16. The van der Waals surface area contributed by atoms with Crippen molar-refractivity contribution in [1.29, 1.82) is 0 Å². The second kappa shape index (κ2) is 4.48. The van der Waals surface area contributed by atoms with E-state index in [0.29, 0.717) is 5.56 Å². The van der Waals surface area contributed by atoms with Crippen molar-refractivity contribution < 1.29 is 9.90 Å². The number of benzene rings is 1. The average Bonchev–Trinajstić information content (AvgIpc) is 2.60. The van der Waals surface area contributed by atoms with Crippen LogP contribution in [0.3, 0.4) is 0 Å². The van der Waals surface area contributed by atoms with Crippen molar-refractivity contribution in [1.82, 2.24) is 4.57 Å².